The van der Waals surface area contributed by atoms with Crippen LogP contribution in [0.25, 0.3) is 0 Å². The Hall–Kier alpha value is -1.95. The molecular formula is C25H33NO4S. The van der Waals surface area contributed by atoms with Crippen LogP contribution in [0.5, 0.6) is 11.5 Å². The minimum Gasteiger partial charge on any atom is -0.508 e. The topological polar surface area (TPSA) is 75.6 Å². The van der Waals surface area contributed by atoms with E-state index in [4.69, 9.17) is 4.74 Å². The highest BCUT2D eigenvalue weighted by Crippen LogP contribution is 2.54. The number of allylic oxidation sites excluding steroid dienone is 1. The molecule has 2 aliphatic heterocycles. The van der Waals surface area contributed by atoms with Crippen molar-refractivity contribution >= 4 is 22.8 Å². The quantitative estimate of drug-likeness (QED) is 0.614. The van der Waals surface area contributed by atoms with Crippen molar-refractivity contribution in [1.82, 2.24) is 5.32 Å². The van der Waals surface area contributed by atoms with E-state index in [1.165, 1.54) is 18.2 Å². The Morgan fingerprint density at radius 2 is 2.13 bits per heavy atom. The molecule has 0 radical (unpaired) electrons. The van der Waals surface area contributed by atoms with Crippen LogP contribution in [0.3, 0.4) is 0 Å². The van der Waals surface area contributed by atoms with Gasteiger partial charge < -0.3 is 15.2 Å². The molecule has 1 fully saturated rings. The van der Waals surface area contributed by atoms with Crippen LogP contribution in [0.15, 0.2) is 23.8 Å². The highest BCUT2D eigenvalue weighted by Gasteiger charge is 2.47. The number of carbonyl (C=O) groups excluding carboxylic acids is 2. The van der Waals surface area contributed by atoms with Crippen LogP contribution in [0.2, 0.25) is 0 Å². The van der Waals surface area contributed by atoms with Crippen LogP contribution in [-0.2, 0) is 16.0 Å². The summed E-state index contributed by atoms with van der Waals surface area (Å²) < 4.78 is 6.40. The van der Waals surface area contributed by atoms with Gasteiger partial charge in [0.05, 0.1) is 6.04 Å². The van der Waals surface area contributed by atoms with Crippen molar-refractivity contribution in [2.45, 2.75) is 83.3 Å². The van der Waals surface area contributed by atoms with E-state index in [0.29, 0.717) is 24.8 Å². The maximum absolute atomic E-state index is 12.9. The van der Waals surface area contributed by atoms with Gasteiger partial charge in [0.1, 0.15) is 17.1 Å². The molecule has 1 aromatic carbocycles. The van der Waals surface area contributed by atoms with Crippen LogP contribution < -0.4 is 10.1 Å². The molecule has 4 rings (SSSR count). The number of unbranched alkanes of at least 4 members (excludes halogenated alkanes) is 2. The minimum absolute atomic E-state index is 0.0165. The van der Waals surface area contributed by atoms with E-state index in [-0.39, 0.29) is 40.3 Å². The third-order valence-electron chi connectivity index (χ3n) is 6.96. The van der Waals surface area contributed by atoms with Gasteiger partial charge >= 0.3 is 0 Å². The number of nitrogens with one attached hydrogen (secondary N) is 1. The predicted molar refractivity (Wildman–Crippen MR) is 124 cm³/mol. The molecule has 2 N–H and O–H groups in total. The number of rotatable bonds is 6. The third kappa shape index (κ3) is 4.50. The summed E-state index contributed by atoms with van der Waals surface area (Å²) in [6.45, 7) is 6.38. The number of amides is 1. The van der Waals surface area contributed by atoms with E-state index in [1.807, 2.05) is 12.1 Å². The van der Waals surface area contributed by atoms with E-state index in [1.54, 1.807) is 0 Å². The van der Waals surface area contributed by atoms with Crippen LogP contribution in [0, 0.1) is 5.92 Å². The number of benzene rings is 1. The molecule has 1 saturated heterocycles. The van der Waals surface area contributed by atoms with Gasteiger partial charge in [-0.05, 0) is 63.6 Å². The highest BCUT2D eigenvalue weighted by molar-refractivity contribution is 8.14. The molecule has 6 heteroatoms. The first-order chi connectivity index (χ1) is 14.8. The van der Waals surface area contributed by atoms with E-state index in [2.05, 4.69) is 32.2 Å². The van der Waals surface area contributed by atoms with Crippen molar-refractivity contribution in [3.63, 3.8) is 0 Å². The summed E-state index contributed by atoms with van der Waals surface area (Å²) in [5.41, 5.74) is 2.25. The van der Waals surface area contributed by atoms with Crippen molar-refractivity contribution < 1.29 is 19.4 Å². The van der Waals surface area contributed by atoms with Crippen LogP contribution in [0.1, 0.15) is 76.3 Å². The lowest BCUT2D eigenvalue weighted by Crippen LogP contribution is -2.46. The summed E-state index contributed by atoms with van der Waals surface area (Å²) in [6, 6.07) is 3.57. The number of aromatic hydroxyl groups is 1. The molecule has 0 aromatic heterocycles. The van der Waals surface area contributed by atoms with Crippen molar-refractivity contribution in [3.8, 4) is 11.5 Å². The van der Waals surface area contributed by atoms with Gasteiger partial charge in [0.2, 0.25) is 11.0 Å². The number of fused-ring (bicyclic) bond motifs is 3. The van der Waals surface area contributed by atoms with E-state index in [0.717, 1.165) is 41.9 Å². The number of ether oxygens (including phenoxy) is 1. The Kier molecular flexibility index (Phi) is 6.38. The van der Waals surface area contributed by atoms with Crippen molar-refractivity contribution in [2.24, 2.45) is 5.92 Å². The molecule has 1 aromatic rings. The smallest absolute Gasteiger partial charge is 0.247 e. The highest BCUT2D eigenvalue weighted by atomic mass is 32.2. The molecule has 1 amide bonds. The van der Waals surface area contributed by atoms with Crippen LogP contribution in [-0.4, -0.2) is 33.5 Å². The lowest BCUT2D eigenvalue weighted by Gasteiger charge is -2.47. The largest absolute Gasteiger partial charge is 0.508 e. The van der Waals surface area contributed by atoms with Gasteiger partial charge in [-0.3, -0.25) is 9.59 Å². The Morgan fingerprint density at radius 3 is 2.84 bits per heavy atom. The Labute approximate surface area is 189 Å². The molecule has 0 saturated carbocycles. The Morgan fingerprint density at radius 1 is 1.32 bits per heavy atom. The third-order valence-corrected chi connectivity index (χ3v) is 7.97. The molecular weight excluding hydrogens is 410 g/mol. The second-order valence-corrected chi connectivity index (χ2v) is 10.7. The summed E-state index contributed by atoms with van der Waals surface area (Å²) in [6.07, 6.45) is 8.29. The van der Waals surface area contributed by atoms with Gasteiger partial charge in [-0.25, -0.2) is 0 Å². The molecule has 0 bridgehead atoms. The molecule has 1 aliphatic carbocycles. The lowest BCUT2D eigenvalue weighted by atomic mass is 9.66. The predicted octanol–water partition coefficient (Wildman–Crippen LogP) is 4.86. The fourth-order valence-electron chi connectivity index (χ4n) is 5.24. The average Bonchev–Trinajstić information content (AvgIpc) is 3.11. The second kappa shape index (κ2) is 8.89. The first kappa shape index (κ1) is 22.3. The molecule has 168 valence electrons. The number of phenolic OH excluding ortho intramolecular Hbond substituents is 1. The first-order valence-electron chi connectivity index (χ1n) is 11.5. The molecule has 3 atom stereocenters. The number of hydrogen-bond donors (Lipinski definition) is 2. The Balaban J connectivity index is 1.58. The number of hydrogen-bond acceptors (Lipinski definition) is 5. The number of thioether (sulfide) groups is 1. The normalized spacial score (nSPS) is 26.5. The second-order valence-electron chi connectivity index (χ2n) is 9.55. The molecule has 3 aliphatic rings. The standard InChI is InChI=1S/C25H33NO4S/c1-4-5-6-7-15-12-20(27)22-17-14-16(23(28)26-19-10-11-31-24(19)29)8-9-18(17)25(2,3)30-21(22)13-15/h8,12-13,17-19,27H,4-7,9-11,14H2,1-3H3,(H,26,28). The maximum Gasteiger partial charge on any atom is 0.247 e. The monoisotopic (exact) mass is 443 g/mol. The Bertz CT molecular complexity index is 907. The SMILES string of the molecule is CCCCCc1cc(O)c2c(c1)OC(C)(C)C1CC=C(C(=O)NC3CCSC3=O)CC21. The van der Waals surface area contributed by atoms with Crippen LogP contribution in [0.4, 0.5) is 0 Å². The number of phenols is 1. The van der Waals surface area contributed by atoms with E-state index in [9.17, 15) is 14.7 Å². The van der Waals surface area contributed by atoms with Crippen LogP contribution >= 0.6 is 11.8 Å². The molecule has 3 unspecified atom stereocenters. The zero-order chi connectivity index (χ0) is 22.2. The zero-order valence-electron chi connectivity index (χ0n) is 18.7. The number of carbonyl (C=O) groups is 2. The van der Waals surface area contributed by atoms with Crippen molar-refractivity contribution in [3.05, 3.63) is 34.9 Å². The minimum atomic E-state index is -0.386. The van der Waals surface area contributed by atoms with E-state index < -0.39 is 0 Å². The maximum atomic E-state index is 12.9. The average molecular weight is 444 g/mol. The summed E-state index contributed by atoms with van der Waals surface area (Å²) in [5.74, 6) is 1.84. The van der Waals surface area contributed by atoms with Gasteiger partial charge in [0.15, 0.2) is 0 Å². The van der Waals surface area contributed by atoms with Gasteiger partial charge in [-0.1, -0.05) is 37.6 Å². The summed E-state index contributed by atoms with van der Waals surface area (Å²) in [5, 5.41) is 13.9. The first-order valence-corrected chi connectivity index (χ1v) is 12.5. The van der Waals surface area contributed by atoms with Gasteiger partial charge in [0.25, 0.3) is 0 Å². The van der Waals surface area contributed by atoms with Gasteiger partial charge in [0, 0.05) is 28.7 Å². The van der Waals surface area contributed by atoms with E-state index >= 15 is 0 Å². The van der Waals surface area contributed by atoms with Crippen molar-refractivity contribution in [2.75, 3.05) is 5.75 Å². The summed E-state index contributed by atoms with van der Waals surface area (Å²) in [7, 11) is 0. The molecule has 5 nitrogen and oxygen atoms in total. The summed E-state index contributed by atoms with van der Waals surface area (Å²) in [4.78, 5) is 24.8. The van der Waals surface area contributed by atoms with Crippen molar-refractivity contribution in [1.29, 1.82) is 0 Å². The molecule has 0 spiro atoms. The lowest BCUT2D eigenvalue weighted by molar-refractivity contribution is -0.122. The molecule has 2 heterocycles. The molecule has 31 heavy (non-hydrogen) atoms. The summed E-state index contributed by atoms with van der Waals surface area (Å²) >= 11 is 1.29. The van der Waals surface area contributed by atoms with Gasteiger partial charge in [-0.15, -0.1) is 0 Å². The number of aryl methyl sites for hydroxylation is 1. The van der Waals surface area contributed by atoms with Gasteiger partial charge in [-0.2, -0.15) is 0 Å². The fraction of sp³-hybridized carbons (Fsp3) is 0.600. The fourth-order valence-corrected chi connectivity index (χ4v) is 6.17. The zero-order valence-corrected chi connectivity index (χ0v) is 19.5.